The second-order valence-electron chi connectivity index (χ2n) is 7.11. The van der Waals surface area contributed by atoms with Crippen molar-refractivity contribution in [1.82, 2.24) is 4.90 Å². The Kier molecular flexibility index (Phi) is 3.93. The number of carboxylic acids is 1. The largest absolute Gasteiger partial charge is 0.478 e. The van der Waals surface area contributed by atoms with Gasteiger partial charge in [-0.1, -0.05) is 12.1 Å². The second kappa shape index (κ2) is 5.26. The van der Waals surface area contributed by atoms with Crippen LogP contribution >= 0.6 is 0 Å². The molecule has 4 heteroatoms. The summed E-state index contributed by atoms with van der Waals surface area (Å²) in [6, 6.07) is 7.02. The van der Waals surface area contributed by atoms with E-state index in [9.17, 15) is 9.59 Å². The van der Waals surface area contributed by atoms with E-state index in [0.29, 0.717) is 30.7 Å². The maximum absolute atomic E-state index is 11.9. The number of carboxylic acid groups (broad SMARTS) is 1. The van der Waals surface area contributed by atoms with Crippen LogP contribution in [0.1, 0.15) is 56.5 Å². The molecule has 4 nitrogen and oxygen atoms in total. The second-order valence-corrected chi connectivity index (χ2v) is 7.11. The van der Waals surface area contributed by atoms with Crippen LogP contribution in [0.2, 0.25) is 0 Å². The molecule has 21 heavy (non-hydrogen) atoms. The van der Waals surface area contributed by atoms with Crippen LogP contribution in [0.5, 0.6) is 0 Å². The first kappa shape index (κ1) is 15.7. The van der Waals surface area contributed by atoms with Gasteiger partial charge in [0.2, 0.25) is 0 Å². The Balaban J connectivity index is 2.30. The maximum Gasteiger partial charge on any atom is 0.335 e. The SMILES string of the molecule is CC1(C)CC(=O)CC(C)(C)N1Cc1cccc(C(=O)O)c1. The number of Topliss-reactive ketones (excluding diaryl/α,β-unsaturated/α-hetero) is 1. The van der Waals surface area contributed by atoms with Gasteiger partial charge in [-0.3, -0.25) is 9.69 Å². The number of hydrogen-bond acceptors (Lipinski definition) is 3. The van der Waals surface area contributed by atoms with Gasteiger partial charge in [-0.25, -0.2) is 4.79 Å². The zero-order valence-electron chi connectivity index (χ0n) is 13.1. The number of benzene rings is 1. The fourth-order valence-electron chi connectivity index (χ4n) is 3.45. The summed E-state index contributed by atoms with van der Waals surface area (Å²) in [6.07, 6.45) is 1.07. The first-order chi connectivity index (χ1) is 9.62. The Labute approximate surface area is 125 Å². The van der Waals surface area contributed by atoms with Crippen molar-refractivity contribution in [1.29, 1.82) is 0 Å². The molecule has 0 atom stereocenters. The van der Waals surface area contributed by atoms with E-state index < -0.39 is 5.97 Å². The van der Waals surface area contributed by atoms with Gasteiger partial charge in [0.15, 0.2) is 0 Å². The molecule has 0 unspecified atom stereocenters. The molecule has 1 aliphatic rings. The van der Waals surface area contributed by atoms with Crippen LogP contribution in [0.25, 0.3) is 0 Å². The van der Waals surface area contributed by atoms with Crippen LogP contribution in [-0.4, -0.2) is 32.8 Å². The number of hydrogen-bond donors (Lipinski definition) is 1. The average molecular weight is 289 g/mol. The Bertz CT molecular complexity index is 555. The lowest BCUT2D eigenvalue weighted by atomic mass is 9.78. The summed E-state index contributed by atoms with van der Waals surface area (Å²) in [4.78, 5) is 25.3. The Hall–Kier alpha value is -1.68. The van der Waals surface area contributed by atoms with Gasteiger partial charge in [0, 0.05) is 30.5 Å². The molecule has 0 aliphatic carbocycles. The molecule has 1 fully saturated rings. The predicted octanol–water partition coefficient (Wildman–Crippen LogP) is 3.11. The van der Waals surface area contributed by atoms with E-state index in [1.807, 2.05) is 6.07 Å². The smallest absolute Gasteiger partial charge is 0.335 e. The number of carbonyl (C=O) groups is 2. The number of carbonyl (C=O) groups excluding carboxylic acids is 1. The number of rotatable bonds is 3. The van der Waals surface area contributed by atoms with E-state index in [4.69, 9.17) is 5.11 Å². The van der Waals surface area contributed by atoms with E-state index in [-0.39, 0.29) is 11.1 Å². The summed E-state index contributed by atoms with van der Waals surface area (Å²) >= 11 is 0. The summed E-state index contributed by atoms with van der Waals surface area (Å²) in [5.74, 6) is -0.621. The zero-order chi connectivity index (χ0) is 15.8. The molecule has 0 radical (unpaired) electrons. The minimum atomic E-state index is -0.913. The molecule has 0 amide bonds. The van der Waals surface area contributed by atoms with E-state index in [2.05, 4.69) is 32.6 Å². The summed E-state index contributed by atoms with van der Waals surface area (Å²) in [6.45, 7) is 8.95. The average Bonchev–Trinajstić information content (AvgIpc) is 2.33. The molecular weight excluding hydrogens is 266 g/mol. The summed E-state index contributed by atoms with van der Waals surface area (Å²) < 4.78 is 0. The normalized spacial score (nSPS) is 21.2. The third-order valence-electron chi connectivity index (χ3n) is 4.24. The van der Waals surface area contributed by atoms with E-state index in [0.717, 1.165) is 5.56 Å². The van der Waals surface area contributed by atoms with Crippen molar-refractivity contribution in [3.8, 4) is 0 Å². The first-order valence-electron chi connectivity index (χ1n) is 7.23. The highest BCUT2D eigenvalue weighted by Gasteiger charge is 2.44. The molecule has 0 bridgehead atoms. The summed E-state index contributed by atoms with van der Waals surface area (Å²) in [5.41, 5.74) is 0.817. The van der Waals surface area contributed by atoms with Crippen LogP contribution in [-0.2, 0) is 11.3 Å². The highest BCUT2D eigenvalue weighted by molar-refractivity contribution is 5.87. The van der Waals surface area contributed by atoms with Gasteiger partial charge in [-0.05, 0) is 45.4 Å². The number of piperidine rings is 1. The first-order valence-corrected chi connectivity index (χ1v) is 7.23. The number of ketones is 1. The number of likely N-dealkylation sites (tertiary alicyclic amines) is 1. The highest BCUT2D eigenvalue weighted by Crippen LogP contribution is 2.37. The van der Waals surface area contributed by atoms with Gasteiger partial charge < -0.3 is 5.11 Å². The topological polar surface area (TPSA) is 57.6 Å². The monoisotopic (exact) mass is 289 g/mol. The zero-order valence-corrected chi connectivity index (χ0v) is 13.1. The molecule has 0 spiro atoms. The molecular formula is C17H23NO3. The minimum absolute atomic E-state index is 0.224. The summed E-state index contributed by atoms with van der Waals surface area (Å²) in [5, 5.41) is 9.10. The van der Waals surface area contributed by atoms with Crippen LogP contribution in [0.4, 0.5) is 0 Å². The van der Waals surface area contributed by atoms with E-state index in [1.54, 1.807) is 18.2 Å². The van der Waals surface area contributed by atoms with E-state index in [1.165, 1.54) is 0 Å². The van der Waals surface area contributed by atoms with Crippen LogP contribution in [0, 0.1) is 0 Å². The van der Waals surface area contributed by atoms with Crippen LogP contribution in [0.15, 0.2) is 24.3 Å². The van der Waals surface area contributed by atoms with Gasteiger partial charge in [0.05, 0.1) is 5.56 Å². The fraction of sp³-hybridized carbons (Fsp3) is 0.529. The molecule has 1 saturated heterocycles. The quantitative estimate of drug-likeness (QED) is 0.929. The van der Waals surface area contributed by atoms with Crippen molar-refractivity contribution in [3.05, 3.63) is 35.4 Å². The van der Waals surface area contributed by atoms with Crippen molar-refractivity contribution < 1.29 is 14.7 Å². The van der Waals surface area contributed by atoms with Crippen molar-refractivity contribution in [2.45, 2.75) is 58.2 Å². The van der Waals surface area contributed by atoms with Crippen LogP contribution in [0.3, 0.4) is 0 Å². The Morgan fingerprint density at radius 2 is 1.76 bits per heavy atom. The predicted molar refractivity (Wildman–Crippen MR) is 81.3 cm³/mol. The molecule has 1 aromatic rings. The third-order valence-corrected chi connectivity index (χ3v) is 4.24. The number of aromatic carboxylic acids is 1. The molecule has 1 N–H and O–H groups in total. The van der Waals surface area contributed by atoms with Gasteiger partial charge in [-0.15, -0.1) is 0 Å². The Morgan fingerprint density at radius 1 is 1.19 bits per heavy atom. The molecule has 2 rings (SSSR count). The third kappa shape index (κ3) is 3.32. The number of nitrogens with zero attached hydrogens (tertiary/aromatic N) is 1. The molecule has 1 aliphatic heterocycles. The lowest BCUT2D eigenvalue weighted by Gasteiger charge is -2.52. The van der Waals surface area contributed by atoms with Crippen molar-refractivity contribution >= 4 is 11.8 Å². The summed E-state index contributed by atoms with van der Waals surface area (Å²) in [7, 11) is 0. The minimum Gasteiger partial charge on any atom is -0.478 e. The van der Waals surface area contributed by atoms with Crippen molar-refractivity contribution in [2.75, 3.05) is 0 Å². The molecule has 0 saturated carbocycles. The van der Waals surface area contributed by atoms with E-state index >= 15 is 0 Å². The standard InChI is InChI=1S/C17H23NO3/c1-16(2)9-14(19)10-17(3,4)18(16)11-12-6-5-7-13(8-12)15(20)21/h5-8H,9-11H2,1-4H3,(H,20,21). The lowest BCUT2D eigenvalue weighted by Crippen LogP contribution is -2.60. The van der Waals surface area contributed by atoms with Crippen LogP contribution < -0.4 is 0 Å². The molecule has 1 aromatic carbocycles. The Morgan fingerprint density at radius 3 is 2.29 bits per heavy atom. The molecule has 1 heterocycles. The van der Waals surface area contributed by atoms with Gasteiger partial charge in [-0.2, -0.15) is 0 Å². The molecule has 114 valence electrons. The van der Waals surface area contributed by atoms with Gasteiger partial charge in [0.1, 0.15) is 5.78 Å². The van der Waals surface area contributed by atoms with Gasteiger partial charge in [0.25, 0.3) is 0 Å². The van der Waals surface area contributed by atoms with Gasteiger partial charge >= 0.3 is 5.97 Å². The highest BCUT2D eigenvalue weighted by atomic mass is 16.4. The van der Waals surface area contributed by atoms with Crippen molar-refractivity contribution in [3.63, 3.8) is 0 Å². The molecule has 0 aromatic heterocycles. The lowest BCUT2D eigenvalue weighted by molar-refractivity contribution is -0.134. The van der Waals surface area contributed by atoms with Crippen molar-refractivity contribution in [2.24, 2.45) is 0 Å². The fourth-order valence-corrected chi connectivity index (χ4v) is 3.45. The maximum atomic E-state index is 11.9.